The van der Waals surface area contributed by atoms with Crippen LogP contribution >= 0.6 is 0 Å². The summed E-state index contributed by atoms with van der Waals surface area (Å²) in [5.74, 6) is 1.04. The maximum atomic E-state index is 5.81. The number of nitrogens with one attached hydrogen (secondary N) is 1. The van der Waals surface area contributed by atoms with Gasteiger partial charge >= 0.3 is 0 Å². The van der Waals surface area contributed by atoms with Crippen LogP contribution in [0.1, 0.15) is 26.7 Å². The van der Waals surface area contributed by atoms with Crippen LogP contribution in [0, 0.1) is 0 Å². The fourth-order valence-electron chi connectivity index (χ4n) is 1.55. The molecule has 0 spiro atoms. The van der Waals surface area contributed by atoms with E-state index in [-0.39, 0.29) is 5.60 Å². The maximum Gasteiger partial charge on any atom is 0.139 e. The molecule has 1 saturated heterocycles. The number of morpholine rings is 1. The number of fused-ring (bicyclic) bond motifs is 1. The first-order chi connectivity index (χ1) is 5.67. The molecule has 0 aromatic rings. The summed E-state index contributed by atoms with van der Waals surface area (Å²) < 4.78 is 5.81. The van der Waals surface area contributed by atoms with Crippen molar-refractivity contribution in [2.45, 2.75) is 32.3 Å². The summed E-state index contributed by atoms with van der Waals surface area (Å²) in [6.07, 6.45) is 6.63. The summed E-state index contributed by atoms with van der Waals surface area (Å²) in [6, 6.07) is 0. The van der Waals surface area contributed by atoms with Crippen molar-refractivity contribution < 1.29 is 4.74 Å². The molecule has 12 heavy (non-hydrogen) atoms. The van der Waals surface area contributed by atoms with E-state index in [1.165, 1.54) is 5.70 Å². The van der Waals surface area contributed by atoms with Crippen LogP contribution < -0.4 is 5.32 Å². The predicted octanol–water partition coefficient (Wildman–Crippen LogP) is 1.95. The van der Waals surface area contributed by atoms with Crippen molar-refractivity contribution in [3.63, 3.8) is 0 Å². The van der Waals surface area contributed by atoms with E-state index in [9.17, 15) is 0 Å². The second kappa shape index (κ2) is 2.54. The first-order valence-corrected chi connectivity index (χ1v) is 4.51. The molecule has 2 rings (SSSR count). The highest BCUT2D eigenvalue weighted by Gasteiger charge is 2.28. The van der Waals surface area contributed by atoms with Gasteiger partial charge in [-0.2, -0.15) is 0 Å². The molecule has 1 N–H and O–H groups in total. The zero-order valence-corrected chi connectivity index (χ0v) is 7.68. The van der Waals surface area contributed by atoms with Gasteiger partial charge in [-0.25, -0.2) is 0 Å². The van der Waals surface area contributed by atoms with E-state index in [0.29, 0.717) is 0 Å². The lowest BCUT2D eigenvalue weighted by atomic mass is 10.0. The van der Waals surface area contributed by atoms with Gasteiger partial charge in [0.1, 0.15) is 11.4 Å². The van der Waals surface area contributed by atoms with Crippen molar-refractivity contribution in [2.24, 2.45) is 0 Å². The second-order valence-electron chi connectivity index (χ2n) is 3.98. The van der Waals surface area contributed by atoms with Crippen LogP contribution in [0.5, 0.6) is 0 Å². The minimum absolute atomic E-state index is 0.0550. The Kier molecular flexibility index (Phi) is 1.63. The summed E-state index contributed by atoms with van der Waals surface area (Å²) >= 11 is 0. The Balaban J connectivity index is 2.19. The standard InChI is InChI=1S/C10H15NO/c1-10(2)7-11-8-5-3-4-6-9(8)12-10/h5-6,11H,3-4,7H2,1-2H3. The lowest BCUT2D eigenvalue weighted by molar-refractivity contribution is 0.0216. The molecule has 0 radical (unpaired) electrons. The molecule has 0 aromatic heterocycles. The number of rotatable bonds is 0. The van der Waals surface area contributed by atoms with Crippen molar-refractivity contribution in [2.75, 3.05) is 6.54 Å². The highest BCUT2D eigenvalue weighted by Crippen LogP contribution is 2.27. The second-order valence-corrected chi connectivity index (χ2v) is 3.98. The van der Waals surface area contributed by atoms with Gasteiger partial charge in [0, 0.05) is 0 Å². The zero-order chi connectivity index (χ0) is 8.60. The largest absolute Gasteiger partial charge is 0.484 e. The fraction of sp³-hybridized carbons (Fsp3) is 0.600. The van der Waals surface area contributed by atoms with Crippen LogP contribution in [0.4, 0.5) is 0 Å². The fourth-order valence-corrected chi connectivity index (χ4v) is 1.55. The van der Waals surface area contributed by atoms with Crippen molar-refractivity contribution in [1.82, 2.24) is 5.32 Å². The highest BCUT2D eigenvalue weighted by molar-refractivity contribution is 5.30. The van der Waals surface area contributed by atoms with Crippen molar-refractivity contribution in [1.29, 1.82) is 0 Å². The third-order valence-electron chi connectivity index (χ3n) is 2.20. The molecule has 0 bridgehead atoms. The van der Waals surface area contributed by atoms with E-state index in [0.717, 1.165) is 25.1 Å². The van der Waals surface area contributed by atoms with Gasteiger partial charge in [-0.1, -0.05) is 6.08 Å². The lowest BCUT2D eigenvalue weighted by Crippen LogP contribution is -2.43. The van der Waals surface area contributed by atoms with Crippen LogP contribution in [-0.4, -0.2) is 12.1 Å². The Hall–Kier alpha value is -0.920. The third kappa shape index (κ3) is 1.33. The molecular formula is C10H15NO. The number of allylic oxidation sites excluding steroid dienone is 2. The van der Waals surface area contributed by atoms with E-state index in [2.05, 4.69) is 31.3 Å². The molecule has 0 amide bonds. The van der Waals surface area contributed by atoms with Gasteiger partial charge < -0.3 is 10.1 Å². The zero-order valence-electron chi connectivity index (χ0n) is 7.68. The average Bonchev–Trinajstić information content (AvgIpc) is 2.02. The van der Waals surface area contributed by atoms with Crippen molar-refractivity contribution in [3.8, 4) is 0 Å². The number of ether oxygens (including phenoxy) is 1. The summed E-state index contributed by atoms with van der Waals surface area (Å²) in [4.78, 5) is 0. The predicted molar refractivity (Wildman–Crippen MR) is 48.6 cm³/mol. The first-order valence-electron chi connectivity index (χ1n) is 4.51. The molecule has 0 aromatic carbocycles. The van der Waals surface area contributed by atoms with Gasteiger partial charge in [-0.15, -0.1) is 0 Å². The summed E-state index contributed by atoms with van der Waals surface area (Å²) in [5.41, 5.74) is 1.13. The molecule has 0 atom stereocenters. The van der Waals surface area contributed by atoms with Crippen LogP contribution in [0.25, 0.3) is 0 Å². The summed E-state index contributed by atoms with van der Waals surface area (Å²) in [6.45, 7) is 5.11. The number of hydrogen-bond acceptors (Lipinski definition) is 2. The molecule has 1 aliphatic carbocycles. The normalized spacial score (nSPS) is 25.8. The van der Waals surface area contributed by atoms with Crippen LogP contribution in [0.2, 0.25) is 0 Å². The minimum atomic E-state index is -0.0550. The van der Waals surface area contributed by atoms with Crippen molar-refractivity contribution in [3.05, 3.63) is 23.6 Å². The Labute approximate surface area is 73.3 Å². The van der Waals surface area contributed by atoms with Crippen molar-refractivity contribution >= 4 is 0 Å². The minimum Gasteiger partial charge on any atom is -0.484 e. The monoisotopic (exact) mass is 165 g/mol. The van der Waals surface area contributed by atoms with Gasteiger partial charge in [0.05, 0.1) is 12.2 Å². The summed E-state index contributed by atoms with van der Waals surface area (Å²) in [5, 5.41) is 3.38. The van der Waals surface area contributed by atoms with Crippen LogP contribution in [0.3, 0.4) is 0 Å². The Morgan fingerprint density at radius 2 is 2.08 bits per heavy atom. The van der Waals surface area contributed by atoms with Gasteiger partial charge in [0.15, 0.2) is 0 Å². The third-order valence-corrected chi connectivity index (χ3v) is 2.20. The van der Waals surface area contributed by atoms with E-state index < -0.39 is 0 Å². The van der Waals surface area contributed by atoms with Gasteiger partial charge in [0.2, 0.25) is 0 Å². The molecule has 2 nitrogen and oxygen atoms in total. The Morgan fingerprint density at radius 1 is 1.33 bits per heavy atom. The molecule has 0 unspecified atom stereocenters. The topological polar surface area (TPSA) is 21.3 Å². The summed E-state index contributed by atoms with van der Waals surface area (Å²) in [7, 11) is 0. The van der Waals surface area contributed by atoms with Gasteiger partial charge in [-0.3, -0.25) is 0 Å². The Morgan fingerprint density at radius 3 is 2.92 bits per heavy atom. The molecule has 66 valence electrons. The quantitative estimate of drug-likeness (QED) is 0.592. The van der Waals surface area contributed by atoms with Crippen LogP contribution in [0.15, 0.2) is 23.6 Å². The average molecular weight is 165 g/mol. The lowest BCUT2D eigenvalue weighted by Gasteiger charge is -2.36. The van der Waals surface area contributed by atoms with E-state index in [1.54, 1.807) is 0 Å². The maximum absolute atomic E-state index is 5.81. The molecular weight excluding hydrogens is 150 g/mol. The molecule has 1 aliphatic heterocycles. The SMILES string of the molecule is CC1(C)CNC2=CCCC=C2O1. The molecule has 2 heteroatoms. The Bertz CT molecular complexity index is 251. The van der Waals surface area contributed by atoms with E-state index >= 15 is 0 Å². The molecule has 2 aliphatic rings. The first kappa shape index (κ1) is 7.71. The van der Waals surface area contributed by atoms with Gasteiger partial charge in [0.25, 0.3) is 0 Å². The van der Waals surface area contributed by atoms with Gasteiger partial charge in [-0.05, 0) is 32.8 Å². The van der Waals surface area contributed by atoms with E-state index in [1.807, 2.05) is 0 Å². The number of hydrogen-bond donors (Lipinski definition) is 1. The highest BCUT2D eigenvalue weighted by atomic mass is 16.5. The molecule has 1 fully saturated rings. The molecule has 0 saturated carbocycles. The van der Waals surface area contributed by atoms with E-state index in [4.69, 9.17) is 4.74 Å². The smallest absolute Gasteiger partial charge is 0.139 e. The van der Waals surface area contributed by atoms with Crippen LogP contribution in [-0.2, 0) is 4.74 Å². The molecule has 1 heterocycles.